The van der Waals surface area contributed by atoms with Crippen molar-refractivity contribution in [3.63, 3.8) is 0 Å². The van der Waals surface area contributed by atoms with Crippen LogP contribution in [0.25, 0.3) is 0 Å². The van der Waals surface area contributed by atoms with Gasteiger partial charge >= 0.3 is 0 Å². The number of nitrogens with zero attached hydrogens (tertiary/aromatic N) is 2. The van der Waals surface area contributed by atoms with Crippen molar-refractivity contribution in [2.24, 2.45) is 16.3 Å². The number of carbonyl (C=O) groups is 1. The van der Waals surface area contributed by atoms with E-state index in [1.54, 1.807) is 7.11 Å². The summed E-state index contributed by atoms with van der Waals surface area (Å²) in [4.78, 5) is 19.4. The van der Waals surface area contributed by atoms with Crippen LogP contribution >= 0.6 is 24.0 Å². The van der Waals surface area contributed by atoms with E-state index >= 15 is 0 Å². The molecule has 1 saturated carbocycles. The van der Waals surface area contributed by atoms with Gasteiger partial charge < -0.3 is 20.3 Å². The Morgan fingerprint density at radius 1 is 1.22 bits per heavy atom. The number of benzene rings is 1. The predicted molar refractivity (Wildman–Crippen MR) is 142 cm³/mol. The maximum absolute atomic E-state index is 12.5. The van der Waals surface area contributed by atoms with E-state index in [2.05, 4.69) is 41.8 Å². The molecule has 2 N–H and O–H groups in total. The second kappa shape index (κ2) is 14.0. The van der Waals surface area contributed by atoms with Crippen molar-refractivity contribution in [2.75, 3.05) is 46.4 Å². The minimum absolute atomic E-state index is 0. The van der Waals surface area contributed by atoms with Gasteiger partial charge in [0.2, 0.25) is 5.91 Å². The molecular formula is C25H41IN4O2. The molecule has 1 heterocycles. The lowest BCUT2D eigenvalue weighted by Gasteiger charge is -2.27. The van der Waals surface area contributed by atoms with Crippen molar-refractivity contribution in [3.05, 3.63) is 35.9 Å². The van der Waals surface area contributed by atoms with Gasteiger partial charge in [0.25, 0.3) is 0 Å². The number of carbonyl (C=O) groups excluding carboxylic acids is 1. The van der Waals surface area contributed by atoms with E-state index in [1.807, 2.05) is 11.0 Å². The molecular weight excluding hydrogens is 515 g/mol. The molecule has 32 heavy (non-hydrogen) atoms. The van der Waals surface area contributed by atoms with E-state index in [-0.39, 0.29) is 35.3 Å². The molecule has 0 radical (unpaired) electrons. The molecule has 1 aliphatic carbocycles. The Balaban J connectivity index is 0.00000363. The molecule has 1 atom stereocenters. The molecule has 1 aliphatic heterocycles. The Morgan fingerprint density at radius 3 is 2.66 bits per heavy atom. The topological polar surface area (TPSA) is 66.0 Å². The van der Waals surface area contributed by atoms with Crippen LogP contribution in [0.3, 0.4) is 0 Å². The predicted octanol–water partition coefficient (Wildman–Crippen LogP) is 3.85. The van der Waals surface area contributed by atoms with Crippen LogP contribution in [0.1, 0.15) is 51.0 Å². The Hall–Kier alpha value is -1.35. The van der Waals surface area contributed by atoms with E-state index in [9.17, 15) is 4.79 Å². The lowest BCUT2D eigenvalue weighted by Crippen LogP contribution is -2.41. The van der Waals surface area contributed by atoms with Crippen LogP contribution in [-0.2, 0) is 16.0 Å². The molecule has 1 unspecified atom stereocenters. The highest BCUT2D eigenvalue weighted by Gasteiger charge is 2.33. The zero-order valence-corrected chi connectivity index (χ0v) is 22.1. The van der Waals surface area contributed by atoms with Crippen LogP contribution in [0.5, 0.6) is 0 Å². The summed E-state index contributed by atoms with van der Waals surface area (Å²) in [6.45, 7) is 7.00. The highest BCUT2D eigenvalue weighted by molar-refractivity contribution is 14.0. The first-order valence-electron chi connectivity index (χ1n) is 12.0. The quantitative estimate of drug-likeness (QED) is 0.247. The van der Waals surface area contributed by atoms with Crippen LogP contribution in [-0.4, -0.2) is 63.2 Å². The van der Waals surface area contributed by atoms with Gasteiger partial charge in [-0.15, -0.1) is 24.0 Å². The standard InChI is InChI=1S/C25H40N4O2.HI/c1-3-26-24(28-20-25(14-16-31-2)12-7-8-13-25)27-18-22-17-23(30)29(19-22)15-11-21-9-5-4-6-10-21;/h4-6,9-10,22H,3,7-8,11-20H2,1-2H3,(H2,26,27,28);1H. The van der Waals surface area contributed by atoms with Crippen LogP contribution < -0.4 is 10.6 Å². The fourth-order valence-corrected chi connectivity index (χ4v) is 4.88. The Bertz CT molecular complexity index is 707. The minimum Gasteiger partial charge on any atom is -0.385 e. The zero-order valence-electron chi connectivity index (χ0n) is 19.8. The number of nitrogens with one attached hydrogen (secondary N) is 2. The summed E-state index contributed by atoms with van der Waals surface area (Å²) in [5.41, 5.74) is 1.57. The van der Waals surface area contributed by atoms with Gasteiger partial charge in [-0.25, -0.2) is 0 Å². The molecule has 1 amide bonds. The summed E-state index contributed by atoms with van der Waals surface area (Å²) in [6, 6.07) is 10.4. The van der Waals surface area contributed by atoms with Crippen LogP contribution in [0.15, 0.2) is 35.3 Å². The van der Waals surface area contributed by atoms with E-state index < -0.39 is 0 Å². The van der Waals surface area contributed by atoms with Crippen molar-refractivity contribution >= 4 is 35.8 Å². The van der Waals surface area contributed by atoms with E-state index in [1.165, 1.54) is 31.2 Å². The van der Waals surface area contributed by atoms with E-state index in [0.717, 1.165) is 58.1 Å². The van der Waals surface area contributed by atoms with Crippen molar-refractivity contribution in [2.45, 2.75) is 51.9 Å². The zero-order chi connectivity index (χ0) is 21.9. The molecule has 1 aromatic carbocycles. The first-order valence-corrected chi connectivity index (χ1v) is 12.0. The summed E-state index contributed by atoms with van der Waals surface area (Å²) in [5.74, 6) is 1.48. The normalized spacial score (nSPS) is 20.3. The third-order valence-corrected chi connectivity index (χ3v) is 6.78. The maximum Gasteiger partial charge on any atom is 0.223 e. The summed E-state index contributed by atoms with van der Waals surface area (Å²) in [7, 11) is 1.78. The van der Waals surface area contributed by atoms with Crippen LogP contribution in [0.4, 0.5) is 0 Å². The number of guanidine groups is 1. The fraction of sp³-hybridized carbons (Fsp3) is 0.680. The van der Waals surface area contributed by atoms with Gasteiger partial charge in [0, 0.05) is 58.8 Å². The van der Waals surface area contributed by atoms with Crippen molar-refractivity contribution in [3.8, 4) is 0 Å². The highest BCUT2D eigenvalue weighted by atomic mass is 127. The van der Waals surface area contributed by atoms with E-state index in [4.69, 9.17) is 9.73 Å². The van der Waals surface area contributed by atoms with E-state index in [0.29, 0.717) is 12.3 Å². The van der Waals surface area contributed by atoms with Crippen LogP contribution in [0.2, 0.25) is 0 Å². The Kier molecular flexibility index (Phi) is 11.8. The monoisotopic (exact) mass is 556 g/mol. The molecule has 6 nitrogen and oxygen atoms in total. The largest absolute Gasteiger partial charge is 0.385 e. The smallest absolute Gasteiger partial charge is 0.223 e. The number of amides is 1. The minimum atomic E-state index is 0. The maximum atomic E-state index is 12.5. The van der Waals surface area contributed by atoms with Crippen molar-refractivity contribution in [1.82, 2.24) is 15.5 Å². The second-order valence-corrected chi connectivity index (χ2v) is 9.17. The summed E-state index contributed by atoms with van der Waals surface area (Å²) in [5, 5.41) is 6.89. The van der Waals surface area contributed by atoms with Gasteiger partial charge in [-0.2, -0.15) is 0 Å². The van der Waals surface area contributed by atoms with Gasteiger partial charge in [-0.05, 0) is 43.6 Å². The second-order valence-electron chi connectivity index (χ2n) is 9.17. The van der Waals surface area contributed by atoms with Gasteiger partial charge in [0.15, 0.2) is 5.96 Å². The average Bonchev–Trinajstić information content (AvgIpc) is 3.40. The number of hydrogen-bond acceptors (Lipinski definition) is 3. The fourth-order valence-electron chi connectivity index (χ4n) is 4.88. The average molecular weight is 557 g/mol. The Morgan fingerprint density at radius 2 is 1.97 bits per heavy atom. The third-order valence-electron chi connectivity index (χ3n) is 6.78. The number of ether oxygens (including phenoxy) is 1. The SMILES string of the molecule is CCNC(=NCC1(CCOC)CCCC1)NCC1CC(=O)N(CCc2ccccc2)C1.I. The number of hydrogen-bond donors (Lipinski definition) is 2. The molecule has 1 aromatic rings. The molecule has 180 valence electrons. The molecule has 2 aliphatic rings. The number of likely N-dealkylation sites (tertiary alicyclic amines) is 1. The molecule has 0 spiro atoms. The third kappa shape index (κ3) is 8.21. The lowest BCUT2D eigenvalue weighted by atomic mass is 9.83. The molecule has 0 aromatic heterocycles. The summed E-state index contributed by atoms with van der Waals surface area (Å²) < 4.78 is 5.35. The lowest BCUT2D eigenvalue weighted by molar-refractivity contribution is -0.127. The Labute approximate surface area is 211 Å². The summed E-state index contributed by atoms with van der Waals surface area (Å²) in [6.07, 6.45) is 7.71. The van der Waals surface area contributed by atoms with Gasteiger partial charge in [-0.1, -0.05) is 43.2 Å². The molecule has 3 rings (SSSR count). The van der Waals surface area contributed by atoms with Gasteiger partial charge in [0.1, 0.15) is 0 Å². The number of rotatable bonds is 11. The first kappa shape index (κ1) is 26.9. The van der Waals surface area contributed by atoms with Crippen molar-refractivity contribution in [1.29, 1.82) is 0 Å². The number of methoxy groups -OCH3 is 1. The van der Waals surface area contributed by atoms with Gasteiger partial charge in [-0.3, -0.25) is 9.79 Å². The van der Waals surface area contributed by atoms with Crippen LogP contribution in [0, 0.1) is 11.3 Å². The number of halogens is 1. The molecule has 1 saturated heterocycles. The first-order chi connectivity index (χ1) is 15.1. The molecule has 2 fully saturated rings. The summed E-state index contributed by atoms with van der Waals surface area (Å²) >= 11 is 0. The highest BCUT2D eigenvalue weighted by Crippen LogP contribution is 2.41. The molecule has 7 heteroatoms. The van der Waals surface area contributed by atoms with Gasteiger partial charge in [0.05, 0.1) is 0 Å². The molecule has 0 bridgehead atoms. The number of aliphatic imine (C=N–C) groups is 1. The van der Waals surface area contributed by atoms with Crippen molar-refractivity contribution < 1.29 is 9.53 Å².